The fourth-order valence-electron chi connectivity index (χ4n) is 1.61. The second-order valence-corrected chi connectivity index (χ2v) is 5.79. The average Bonchev–Trinajstić information content (AvgIpc) is 2.86. The molecule has 1 heterocycles. The van der Waals surface area contributed by atoms with Crippen molar-refractivity contribution in [3.63, 3.8) is 0 Å². The van der Waals surface area contributed by atoms with Crippen LogP contribution in [0.3, 0.4) is 0 Å². The fourth-order valence-corrected chi connectivity index (χ4v) is 2.45. The van der Waals surface area contributed by atoms with Crippen LogP contribution >= 0.6 is 11.3 Å². The van der Waals surface area contributed by atoms with Crippen LogP contribution in [0.25, 0.3) is 11.1 Å². The summed E-state index contributed by atoms with van der Waals surface area (Å²) in [6, 6.07) is 12.6. The number of benzene rings is 1. The van der Waals surface area contributed by atoms with Crippen molar-refractivity contribution in [1.82, 2.24) is 5.32 Å². The van der Waals surface area contributed by atoms with Crippen molar-refractivity contribution in [1.29, 1.82) is 0 Å². The highest BCUT2D eigenvalue weighted by Crippen LogP contribution is 2.25. The molecule has 2 heteroatoms. The molecule has 18 heavy (non-hydrogen) atoms. The number of thiophene rings is 1. The van der Waals surface area contributed by atoms with Crippen molar-refractivity contribution in [3.8, 4) is 23.5 Å². The molecule has 0 saturated heterocycles. The number of nitrogens with one attached hydrogen (secondary N) is 1. The van der Waals surface area contributed by atoms with E-state index in [1.54, 1.807) is 11.3 Å². The topological polar surface area (TPSA) is 12.0 Å². The molecule has 1 aromatic heterocycles. The molecule has 1 N–H and O–H groups in total. The Bertz CT molecular complexity index is 546. The van der Waals surface area contributed by atoms with Gasteiger partial charge in [-0.05, 0) is 36.4 Å². The summed E-state index contributed by atoms with van der Waals surface area (Å²) in [6.07, 6.45) is 5.46. The Morgan fingerprint density at radius 2 is 1.94 bits per heavy atom. The molecule has 0 fully saturated rings. The summed E-state index contributed by atoms with van der Waals surface area (Å²) < 4.78 is 0. The van der Waals surface area contributed by atoms with Crippen LogP contribution in [-0.2, 0) is 6.54 Å². The van der Waals surface area contributed by atoms with Gasteiger partial charge in [-0.25, -0.2) is 0 Å². The second kappa shape index (κ2) is 5.39. The lowest BCUT2D eigenvalue weighted by molar-refractivity contribution is 0.494. The predicted octanol–water partition coefficient (Wildman–Crippen LogP) is 3.92. The van der Waals surface area contributed by atoms with Gasteiger partial charge in [-0.3, -0.25) is 5.32 Å². The highest BCUT2D eigenvalue weighted by Gasteiger charge is 2.12. The van der Waals surface area contributed by atoms with E-state index in [-0.39, 0.29) is 5.54 Å². The molecule has 1 nitrogen and oxygen atoms in total. The highest BCUT2D eigenvalue weighted by molar-refractivity contribution is 7.10. The Kier molecular flexibility index (Phi) is 3.86. The Morgan fingerprint density at radius 1 is 1.22 bits per heavy atom. The van der Waals surface area contributed by atoms with Crippen molar-refractivity contribution in [3.05, 3.63) is 46.7 Å². The lowest BCUT2D eigenvalue weighted by atomic mass is 10.1. The van der Waals surface area contributed by atoms with E-state index in [2.05, 4.69) is 46.9 Å². The quantitative estimate of drug-likeness (QED) is 0.817. The van der Waals surface area contributed by atoms with Crippen LogP contribution in [0.15, 0.2) is 41.8 Å². The van der Waals surface area contributed by atoms with Crippen molar-refractivity contribution in [2.24, 2.45) is 0 Å². The van der Waals surface area contributed by atoms with Crippen LogP contribution < -0.4 is 5.32 Å². The average molecular weight is 255 g/mol. The molecule has 0 saturated carbocycles. The monoisotopic (exact) mass is 255 g/mol. The standard InChI is InChI=1S/C16H17NS/c1-4-16(2,3)17-11-15-10-14(12-18-15)13-8-6-5-7-9-13/h1,5-10,12,17H,11H2,2-3H3. The van der Waals surface area contributed by atoms with E-state index in [0.717, 1.165) is 6.54 Å². The zero-order valence-electron chi connectivity index (χ0n) is 10.7. The van der Waals surface area contributed by atoms with Crippen LogP contribution in [0.5, 0.6) is 0 Å². The summed E-state index contributed by atoms with van der Waals surface area (Å²) in [4.78, 5) is 1.30. The smallest absolute Gasteiger partial charge is 0.0744 e. The minimum absolute atomic E-state index is 0.253. The fraction of sp³-hybridized carbons (Fsp3) is 0.250. The summed E-state index contributed by atoms with van der Waals surface area (Å²) in [5.41, 5.74) is 2.28. The number of terminal acetylenes is 1. The molecule has 1 aromatic carbocycles. The Morgan fingerprint density at radius 3 is 2.61 bits per heavy atom. The van der Waals surface area contributed by atoms with Gasteiger partial charge in [0.05, 0.1) is 5.54 Å². The maximum atomic E-state index is 5.46. The van der Waals surface area contributed by atoms with Crippen molar-refractivity contribution < 1.29 is 0 Å². The van der Waals surface area contributed by atoms with Gasteiger partial charge < -0.3 is 0 Å². The van der Waals surface area contributed by atoms with Gasteiger partial charge in [0.2, 0.25) is 0 Å². The lowest BCUT2D eigenvalue weighted by Gasteiger charge is -2.18. The molecular weight excluding hydrogens is 238 g/mol. The van der Waals surface area contributed by atoms with Crippen LogP contribution in [-0.4, -0.2) is 5.54 Å². The van der Waals surface area contributed by atoms with Gasteiger partial charge in [-0.1, -0.05) is 36.3 Å². The molecule has 0 bridgehead atoms. The summed E-state index contributed by atoms with van der Waals surface area (Å²) in [7, 11) is 0. The Hall–Kier alpha value is -1.56. The molecule has 2 aromatic rings. The number of hydrogen-bond donors (Lipinski definition) is 1. The first-order chi connectivity index (χ1) is 8.61. The maximum absolute atomic E-state index is 5.46. The predicted molar refractivity (Wildman–Crippen MR) is 79.5 cm³/mol. The zero-order chi connectivity index (χ0) is 13.0. The van der Waals surface area contributed by atoms with Gasteiger partial charge in [0, 0.05) is 11.4 Å². The van der Waals surface area contributed by atoms with E-state index >= 15 is 0 Å². The molecule has 0 atom stereocenters. The van der Waals surface area contributed by atoms with E-state index in [9.17, 15) is 0 Å². The van der Waals surface area contributed by atoms with Gasteiger partial charge in [0.1, 0.15) is 0 Å². The van der Waals surface area contributed by atoms with Gasteiger partial charge >= 0.3 is 0 Å². The molecule has 0 spiro atoms. The molecule has 0 aliphatic heterocycles. The van der Waals surface area contributed by atoms with Gasteiger partial charge in [0.25, 0.3) is 0 Å². The van der Waals surface area contributed by atoms with E-state index < -0.39 is 0 Å². The van der Waals surface area contributed by atoms with Crippen molar-refractivity contribution in [2.45, 2.75) is 25.9 Å². The van der Waals surface area contributed by atoms with Gasteiger partial charge in [0.15, 0.2) is 0 Å². The first-order valence-electron chi connectivity index (χ1n) is 5.96. The second-order valence-electron chi connectivity index (χ2n) is 4.79. The third-order valence-corrected chi connectivity index (χ3v) is 3.76. The van der Waals surface area contributed by atoms with E-state index in [0.29, 0.717) is 0 Å². The minimum atomic E-state index is -0.253. The third-order valence-electron chi connectivity index (χ3n) is 2.83. The summed E-state index contributed by atoms with van der Waals surface area (Å²) in [6.45, 7) is 4.84. The lowest BCUT2D eigenvalue weighted by Crippen LogP contribution is -2.36. The molecule has 0 radical (unpaired) electrons. The first-order valence-corrected chi connectivity index (χ1v) is 6.84. The molecule has 0 aliphatic rings. The third kappa shape index (κ3) is 3.22. The van der Waals surface area contributed by atoms with Crippen LogP contribution in [0.4, 0.5) is 0 Å². The molecule has 92 valence electrons. The van der Waals surface area contributed by atoms with Gasteiger partial charge in [-0.15, -0.1) is 17.8 Å². The summed E-state index contributed by atoms with van der Waals surface area (Å²) in [5, 5.41) is 5.55. The molecule has 0 unspecified atom stereocenters. The first kappa shape index (κ1) is 12.9. The molecular formula is C16H17NS. The van der Waals surface area contributed by atoms with Crippen molar-refractivity contribution in [2.75, 3.05) is 0 Å². The highest BCUT2D eigenvalue weighted by atomic mass is 32.1. The Balaban J connectivity index is 2.06. The number of rotatable bonds is 4. The molecule has 0 aliphatic carbocycles. The van der Waals surface area contributed by atoms with Crippen LogP contribution in [0.2, 0.25) is 0 Å². The van der Waals surface area contributed by atoms with E-state index in [1.165, 1.54) is 16.0 Å². The SMILES string of the molecule is C#CC(C)(C)NCc1cc(-c2ccccc2)cs1. The normalized spacial score (nSPS) is 11.2. The molecule has 0 amide bonds. The maximum Gasteiger partial charge on any atom is 0.0744 e. The largest absolute Gasteiger partial charge is 0.297 e. The summed E-state index contributed by atoms with van der Waals surface area (Å²) in [5.74, 6) is 2.74. The Labute approximate surface area is 113 Å². The van der Waals surface area contributed by atoms with E-state index in [1.807, 2.05) is 19.9 Å². The minimum Gasteiger partial charge on any atom is -0.297 e. The van der Waals surface area contributed by atoms with Crippen LogP contribution in [0, 0.1) is 12.3 Å². The van der Waals surface area contributed by atoms with E-state index in [4.69, 9.17) is 6.42 Å². The van der Waals surface area contributed by atoms with Gasteiger partial charge in [-0.2, -0.15) is 0 Å². The summed E-state index contributed by atoms with van der Waals surface area (Å²) >= 11 is 1.76. The van der Waals surface area contributed by atoms with Crippen molar-refractivity contribution >= 4 is 11.3 Å². The zero-order valence-corrected chi connectivity index (χ0v) is 11.6. The number of hydrogen-bond acceptors (Lipinski definition) is 2. The van der Waals surface area contributed by atoms with Crippen LogP contribution in [0.1, 0.15) is 18.7 Å². The molecule has 2 rings (SSSR count).